The third kappa shape index (κ3) is 4.69. The first-order chi connectivity index (χ1) is 8.04. The first-order valence-electron chi connectivity index (χ1n) is 5.23. The molecule has 0 saturated carbocycles. The lowest BCUT2D eigenvalue weighted by molar-refractivity contribution is 0.0697. The molecule has 1 aromatic carbocycles. The molecule has 1 aromatic rings. The molecule has 0 spiro atoms. The fourth-order valence-electron chi connectivity index (χ4n) is 1.43. The van der Waals surface area contributed by atoms with Gasteiger partial charge in [-0.15, -0.1) is 0 Å². The molecule has 0 atom stereocenters. The Morgan fingerprint density at radius 1 is 1.53 bits per heavy atom. The van der Waals surface area contributed by atoms with Gasteiger partial charge in [0.05, 0.1) is 5.56 Å². The van der Waals surface area contributed by atoms with E-state index in [4.69, 9.17) is 5.11 Å². The molecular weight excluding hydrogens is 302 g/mol. The summed E-state index contributed by atoms with van der Waals surface area (Å²) in [5.74, 6) is 0.203. The molecule has 17 heavy (non-hydrogen) atoms. The van der Waals surface area contributed by atoms with Crippen LogP contribution < -0.4 is 0 Å². The average molecular weight is 318 g/mol. The molecule has 0 aromatic heterocycles. The zero-order valence-corrected chi connectivity index (χ0v) is 12.3. The van der Waals surface area contributed by atoms with Crippen LogP contribution in [0.15, 0.2) is 22.7 Å². The summed E-state index contributed by atoms with van der Waals surface area (Å²) in [6.45, 7) is 1.84. The molecule has 0 saturated heterocycles. The predicted molar refractivity (Wildman–Crippen MR) is 75.8 cm³/mol. The highest BCUT2D eigenvalue weighted by Crippen LogP contribution is 2.20. The molecule has 0 aliphatic rings. The Morgan fingerprint density at radius 2 is 2.24 bits per heavy atom. The molecule has 3 nitrogen and oxygen atoms in total. The van der Waals surface area contributed by atoms with Crippen LogP contribution in [0.5, 0.6) is 0 Å². The van der Waals surface area contributed by atoms with Crippen LogP contribution in [0.25, 0.3) is 0 Å². The van der Waals surface area contributed by atoms with E-state index in [9.17, 15) is 4.79 Å². The summed E-state index contributed by atoms with van der Waals surface area (Å²) in [6.07, 6.45) is 2.09. The second-order valence-corrected chi connectivity index (χ2v) is 5.68. The molecule has 94 valence electrons. The van der Waals surface area contributed by atoms with Gasteiger partial charge in [-0.05, 0) is 31.0 Å². The number of hydrogen-bond donors (Lipinski definition) is 1. The minimum atomic E-state index is -0.895. The second kappa shape index (κ2) is 7.03. The van der Waals surface area contributed by atoms with Gasteiger partial charge >= 0.3 is 5.97 Å². The van der Waals surface area contributed by atoms with Crippen LogP contribution in [0, 0.1) is 0 Å². The summed E-state index contributed by atoms with van der Waals surface area (Å²) < 4.78 is 0.855. The molecule has 1 N–H and O–H groups in total. The van der Waals surface area contributed by atoms with E-state index in [1.54, 1.807) is 12.1 Å². The molecule has 0 unspecified atom stereocenters. The van der Waals surface area contributed by atoms with Crippen molar-refractivity contribution < 1.29 is 9.90 Å². The number of carboxylic acids is 1. The lowest BCUT2D eigenvalue weighted by atomic mass is 10.1. The topological polar surface area (TPSA) is 40.5 Å². The van der Waals surface area contributed by atoms with Crippen LogP contribution in [-0.4, -0.2) is 41.6 Å². The molecule has 0 aliphatic carbocycles. The molecule has 5 heteroatoms. The number of aromatic carboxylic acids is 1. The van der Waals surface area contributed by atoms with Crippen LogP contribution >= 0.6 is 27.7 Å². The lowest BCUT2D eigenvalue weighted by Crippen LogP contribution is -2.20. The third-order valence-electron chi connectivity index (χ3n) is 2.42. The van der Waals surface area contributed by atoms with Crippen molar-refractivity contribution in [2.75, 3.05) is 25.6 Å². The van der Waals surface area contributed by atoms with Gasteiger partial charge in [-0.1, -0.05) is 22.0 Å². The summed E-state index contributed by atoms with van der Waals surface area (Å²) in [5, 5.41) is 8.86. The zero-order chi connectivity index (χ0) is 12.8. The van der Waals surface area contributed by atoms with Crippen molar-refractivity contribution in [2.45, 2.75) is 6.54 Å². The standard InChI is InChI=1S/C12H16BrNO2S/c1-14(5-6-17-2)8-10-4-3-9(12(15)16)7-11(10)13/h3-4,7H,5-6,8H2,1-2H3,(H,15,16). The smallest absolute Gasteiger partial charge is 0.335 e. The highest BCUT2D eigenvalue weighted by atomic mass is 79.9. The highest BCUT2D eigenvalue weighted by molar-refractivity contribution is 9.10. The zero-order valence-electron chi connectivity index (χ0n) is 9.94. The van der Waals surface area contributed by atoms with E-state index < -0.39 is 5.97 Å². The third-order valence-corrected chi connectivity index (χ3v) is 3.75. The summed E-state index contributed by atoms with van der Waals surface area (Å²) in [6, 6.07) is 5.16. The Morgan fingerprint density at radius 3 is 2.76 bits per heavy atom. The van der Waals surface area contributed by atoms with Gasteiger partial charge in [-0.3, -0.25) is 0 Å². The van der Waals surface area contributed by atoms with E-state index in [2.05, 4.69) is 34.1 Å². The van der Waals surface area contributed by atoms with Crippen molar-refractivity contribution >= 4 is 33.7 Å². The van der Waals surface area contributed by atoms with Crippen molar-refractivity contribution in [3.05, 3.63) is 33.8 Å². The number of carboxylic acid groups (broad SMARTS) is 1. The van der Waals surface area contributed by atoms with E-state index in [-0.39, 0.29) is 0 Å². The van der Waals surface area contributed by atoms with E-state index >= 15 is 0 Å². The minimum Gasteiger partial charge on any atom is -0.478 e. The number of carbonyl (C=O) groups is 1. The van der Waals surface area contributed by atoms with Crippen molar-refractivity contribution in [3.8, 4) is 0 Å². The number of benzene rings is 1. The van der Waals surface area contributed by atoms with E-state index in [1.165, 1.54) is 0 Å². The first kappa shape index (κ1) is 14.5. The van der Waals surface area contributed by atoms with E-state index in [0.29, 0.717) is 5.56 Å². The summed E-state index contributed by atoms with van der Waals surface area (Å²) in [7, 11) is 2.06. The lowest BCUT2D eigenvalue weighted by Gasteiger charge is -2.17. The van der Waals surface area contributed by atoms with Crippen LogP contribution in [-0.2, 0) is 6.54 Å². The average Bonchev–Trinajstić information content (AvgIpc) is 2.28. The van der Waals surface area contributed by atoms with Gasteiger partial charge < -0.3 is 10.0 Å². The number of halogens is 1. The van der Waals surface area contributed by atoms with Crippen LogP contribution in [0.2, 0.25) is 0 Å². The number of nitrogens with zero attached hydrogens (tertiary/aromatic N) is 1. The van der Waals surface area contributed by atoms with Crippen LogP contribution in [0.1, 0.15) is 15.9 Å². The highest BCUT2D eigenvalue weighted by Gasteiger charge is 2.08. The van der Waals surface area contributed by atoms with Crippen molar-refractivity contribution in [3.63, 3.8) is 0 Å². The molecule has 0 amide bonds. The Kier molecular flexibility index (Phi) is 6.02. The van der Waals surface area contributed by atoms with E-state index in [0.717, 1.165) is 28.9 Å². The van der Waals surface area contributed by atoms with Gasteiger partial charge in [0.1, 0.15) is 0 Å². The largest absolute Gasteiger partial charge is 0.478 e. The number of thioether (sulfide) groups is 1. The second-order valence-electron chi connectivity index (χ2n) is 3.84. The van der Waals surface area contributed by atoms with Crippen molar-refractivity contribution in [2.24, 2.45) is 0 Å². The molecule has 0 bridgehead atoms. The van der Waals surface area contributed by atoms with Crippen LogP contribution in [0.3, 0.4) is 0 Å². The molecule has 0 heterocycles. The SMILES string of the molecule is CSCCN(C)Cc1ccc(C(=O)O)cc1Br. The fraction of sp³-hybridized carbons (Fsp3) is 0.417. The number of rotatable bonds is 6. The summed E-state index contributed by atoms with van der Waals surface area (Å²) >= 11 is 5.24. The van der Waals surface area contributed by atoms with Gasteiger partial charge in [0.2, 0.25) is 0 Å². The van der Waals surface area contributed by atoms with Gasteiger partial charge in [0.15, 0.2) is 0 Å². The van der Waals surface area contributed by atoms with Gasteiger partial charge in [-0.25, -0.2) is 4.79 Å². The monoisotopic (exact) mass is 317 g/mol. The Labute approximate surface area is 114 Å². The quantitative estimate of drug-likeness (QED) is 0.875. The molecular formula is C12H16BrNO2S. The Balaban J connectivity index is 2.69. The van der Waals surface area contributed by atoms with Crippen molar-refractivity contribution in [1.82, 2.24) is 4.90 Å². The first-order valence-corrected chi connectivity index (χ1v) is 7.42. The summed E-state index contributed by atoms with van der Waals surface area (Å²) in [5.41, 5.74) is 1.42. The molecule has 0 fully saturated rings. The Hall–Kier alpha value is -0.520. The minimum absolute atomic E-state index is 0.312. The van der Waals surface area contributed by atoms with Crippen molar-refractivity contribution in [1.29, 1.82) is 0 Å². The molecule has 0 radical (unpaired) electrons. The molecule has 1 rings (SSSR count). The normalized spacial score (nSPS) is 10.8. The maximum atomic E-state index is 10.8. The van der Waals surface area contributed by atoms with Gasteiger partial charge in [0, 0.05) is 23.3 Å². The van der Waals surface area contributed by atoms with E-state index in [1.807, 2.05) is 17.8 Å². The number of hydrogen-bond acceptors (Lipinski definition) is 3. The molecule has 0 aliphatic heterocycles. The Bertz CT molecular complexity index is 398. The predicted octanol–water partition coefficient (Wildman–Crippen LogP) is 2.94. The van der Waals surface area contributed by atoms with Gasteiger partial charge in [0.25, 0.3) is 0 Å². The van der Waals surface area contributed by atoms with Crippen LogP contribution in [0.4, 0.5) is 0 Å². The maximum Gasteiger partial charge on any atom is 0.335 e. The van der Waals surface area contributed by atoms with Gasteiger partial charge in [-0.2, -0.15) is 11.8 Å². The fourth-order valence-corrected chi connectivity index (χ4v) is 2.42. The maximum absolute atomic E-state index is 10.8. The summed E-state index contributed by atoms with van der Waals surface area (Å²) in [4.78, 5) is 13.0.